The lowest BCUT2D eigenvalue weighted by atomic mass is 9.96. The van der Waals surface area contributed by atoms with Crippen molar-refractivity contribution in [2.24, 2.45) is 0 Å². The van der Waals surface area contributed by atoms with Crippen LogP contribution in [0.3, 0.4) is 0 Å². The lowest BCUT2D eigenvalue weighted by Crippen LogP contribution is -1.95. The molecular formula is C23H23N3O. The molecule has 0 fully saturated rings. The number of aromatic amines is 1. The average Bonchev–Trinajstić information content (AvgIpc) is 3.06. The molecule has 0 unspecified atom stereocenters. The molecule has 0 aliphatic heterocycles. The van der Waals surface area contributed by atoms with Crippen LogP contribution in [0, 0.1) is 6.92 Å². The predicted octanol–water partition coefficient (Wildman–Crippen LogP) is 5.64. The lowest BCUT2D eigenvalue weighted by Gasteiger charge is -2.10. The molecule has 0 saturated carbocycles. The zero-order valence-electron chi connectivity index (χ0n) is 15.9. The van der Waals surface area contributed by atoms with Gasteiger partial charge >= 0.3 is 0 Å². The smallest absolute Gasteiger partial charge is 0.120 e. The Balaban J connectivity index is 1.73. The van der Waals surface area contributed by atoms with Crippen LogP contribution in [0.25, 0.3) is 22.2 Å². The van der Waals surface area contributed by atoms with Crippen molar-refractivity contribution >= 4 is 10.9 Å². The zero-order chi connectivity index (χ0) is 18.8. The van der Waals surface area contributed by atoms with Gasteiger partial charge in [-0.15, -0.1) is 0 Å². The quantitative estimate of drug-likeness (QED) is 0.503. The summed E-state index contributed by atoms with van der Waals surface area (Å²) in [5, 5.41) is 1.21. The van der Waals surface area contributed by atoms with Gasteiger partial charge in [-0.3, -0.25) is 9.97 Å². The van der Waals surface area contributed by atoms with Crippen LogP contribution in [0.1, 0.15) is 36.6 Å². The number of nitrogens with one attached hydrogen (secondary N) is 1. The minimum atomic E-state index is 0.387. The fraction of sp³-hybridized carbons (Fsp3) is 0.217. The Morgan fingerprint density at radius 3 is 2.56 bits per heavy atom. The van der Waals surface area contributed by atoms with Gasteiger partial charge in [-0.2, -0.15) is 0 Å². The fourth-order valence-corrected chi connectivity index (χ4v) is 3.46. The number of rotatable bonds is 5. The molecule has 4 nitrogen and oxygen atoms in total. The van der Waals surface area contributed by atoms with Crippen molar-refractivity contribution in [3.8, 4) is 17.0 Å². The molecular weight excluding hydrogens is 334 g/mol. The van der Waals surface area contributed by atoms with E-state index in [4.69, 9.17) is 4.74 Å². The predicted molar refractivity (Wildman–Crippen MR) is 109 cm³/mol. The molecule has 0 amide bonds. The highest BCUT2D eigenvalue weighted by Crippen LogP contribution is 2.37. The summed E-state index contributed by atoms with van der Waals surface area (Å²) in [4.78, 5) is 12.0. The standard InChI is InChI=1S/C23H23N3O/c1-15(2)22-20-13-19(27-14-17-6-9-24-10-7-17)4-5-21(20)26-23(22)18-8-11-25-16(3)12-18/h4-13,15,26H,14H2,1-3H3. The molecule has 4 aromatic rings. The van der Waals surface area contributed by atoms with Gasteiger partial charge in [0.05, 0.1) is 5.69 Å². The van der Waals surface area contributed by atoms with E-state index in [0.717, 1.165) is 28.2 Å². The molecule has 0 spiro atoms. The van der Waals surface area contributed by atoms with E-state index in [2.05, 4.69) is 53.1 Å². The summed E-state index contributed by atoms with van der Waals surface area (Å²) in [5.74, 6) is 1.26. The van der Waals surface area contributed by atoms with Crippen LogP contribution in [-0.2, 0) is 6.61 Å². The number of pyridine rings is 2. The van der Waals surface area contributed by atoms with Gasteiger partial charge in [0, 0.05) is 40.8 Å². The van der Waals surface area contributed by atoms with Gasteiger partial charge in [0.2, 0.25) is 0 Å². The molecule has 0 aliphatic rings. The first kappa shape index (κ1) is 17.3. The first-order valence-corrected chi connectivity index (χ1v) is 9.22. The average molecular weight is 357 g/mol. The van der Waals surface area contributed by atoms with Crippen molar-refractivity contribution in [2.45, 2.75) is 33.3 Å². The van der Waals surface area contributed by atoms with Gasteiger partial charge in [-0.25, -0.2) is 0 Å². The summed E-state index contributed by atoms with van der Waals surface area (Å²) in [7, 11) is 0. The molecule has 0 bridgehead atoms. The van der Waals surface area contributed by atoms with Crippen molar-refractivity contribution < 1.29 is 4.74 Å². The van der Waals surface area contributed by atoms with Crippen LogP contribution in [0.5, 0.6) is 5.75 Å². The van der Waals surface area contributed by atoms with E-state index in [1.54, 1.807) is 12.4 Å². The van der Waals surface area contributed by atoms with Crippen LogP contribution in [0.4, 0.5) is 0 Å². The molecule has 4 heteroatoms. The second-order valence-corrected chi connectivity index (χ2v) is 7.11. The minimum absolute atomic E-state index is 0.387. The third-order valence-corrected chi connectivity index (χ3v) is 4.73. The van der Waals surface area contributed by atoms with Gasteiger partial charge in [0.25, 0.3) is 0 Å². The molecule has 0 aliphatic carbocycles. The van der Waals surface area contributed by atoms with Gasteiger partial charge in [-0.1, -0.05) is 13.8 Å². The largest absolute Gasteiger partial charge is 0.489 e. The summed E-state index contributed by atoms with van der Waals surface area (Å²) < 4.78 is 6.02. The Hall–Kier alpha value is -3.14. The summed E-state index contributed by atoms with van der Waals surface area (Å²) >= 11 is 0. The maximum Gasteiger partial charge on any atom is 0.120 e. The molecule has 0 radical (unpaired) electrons. The monoisotopic (exact) mass is 357 g/mol. The molecule has 0 saturated heterocycles. The highest BCUT2D eigenvalue weighted by molar-refractivity contribution is 5.92. The minimum Gasteiger partial charge on any atom is -0.489 e. The number of fused-ring (bicyclic) bond motifs is 1. The third kappa shape index (κ3) is 3.56. The van der Waals surface area contributed by atoms with E-state index in [1.807, 2.05) is 31.3 Å². The molecule has 1 N–H and O–H groups in total. The van der Waals surface area contributed by atoms with Crippen LogP contribution < -0.4 is 4.74 Å². The van der Waals surface area contributed by atoms with Crippen LogP contribution in [0.2, 0.25) is 0 Å². The highest BCUT2D eigenvalue weighted by atomic mass is 16.5. The molecule has 0 atom stereocenters. The maximum atomic E-state index is 6.02. The van der Waals surface area contributed by atoms with Crippen molar-refractivity contribution in [1.29, 1.82) is 0 Å². The fourth-order valence-electron chi connectivity index (χ4n) is 3.46. The number of benzene rings is 1. The molecule has 136 valence electrons. The van der Waals surface area contributed by atoms with E-state index in [1.165, 1.54) is 16.5 Å². The van der Waals surface area contributed by atoms with E-state index in [9.17, 15) is 0 Å². The summed E-state index contributed by atoms with van der Waals surface area (Å²) in [5.41, 5.74) is 6.89. The van der Waals surface area contributed by atoms with Crippen molar-refractivity contribution in [3.05, 3.63) is 77.9 Å². The Kier molecular flexibility index (Phi) is 4.63. The molecule has 3 aromatic heterocycles. The SMILES string of the molecule is Cc1cc(-c2[nH]c3ccc(OCc4ccncc4)cc3c2C(C)C)ccn1. The Morgan fingerprint density at radius 2 is 1.81 bits per heavy atom. The first-order chi connectivity index (χ1) is 13.1. The zero-order valence-corrected chi connectivity index (χ0v) is 15.9. The number of aromatic nitrogens is 3. The second-order valence-electron chi connectivity index (χ2n) is 7.11. The lowest BCUT2D eigenvalue weighted by molar-refractivity contribution is 0.306. The molecule has 1 aromatic carbocycles. The van der Waals surface area contributed by atoms with Gasteiger partial charge < -0.3 is 9.72 Å². The maximum absolute atomic E-state index is 6.02. The van der Waals surface area contributed by atoms with E-state index >= 15 is 0 Å². The first-order valence-electron chi connectivity index (χ1n) is 9.22. The third-order valence-electron chi connectivity index (χ3n) is 4.73. The Morgan fingerprint density at radius 1 is 1.00 bits per heavy atom. The Labute approximate surface area is 159 Å². The van der Waals surface area contributed by atoms with Crippen molar-refractivity contribution in [3.63, 3.8) is 0 Å². The number of H-pyrrole nitrogens is 1. The van der Waals surface area contributed by atoms with E-state index in [-0.39, 0.29) is 0 Å². The van der Waals surface area contributed by atoms with Crippen LogP contribution >= 0.6 is 0 Å². The number of ether oxygens (including phenoxy) is 1. The van der Waals surface area contributed by atoms with Crippen molar-refractivity contribution in [1.82, 2.24) is 15.0 Å². The van der Waals surface area contributed by atoms with Crippen LogP contribution in [0.15, 0.2) is 61.1 Å². The van der Waals surface area contributed by atoms with Gasteiger partial charge in [-0.05, 0) is 66.4 Å². The molecule has 27 heavy (non-hydrogen) atoms. The number of aryl methyl sites for hydroxylation is 1. The molecule has 3 heterocycles. The highest BCUT2D eigenvalue weighted by Gasteiger charge is 2.17. The summed E-state index contributed by atoms with van der Waals surface area (Å²) in [6, 6.07) is 14.4. The topological polar surface area (TPSA) is 50.8 Å². The van der Waals surface area contributed by atoms with Gasteiger partial charge in [0.15, 0.2) is 0 Å². The second kappa shape index (κ2) is 7.23. The van der Waals surface area contributed by atoms with E-state index in [0.29, 0.717) is 12.5 Å². The molecule has 4 rings (SSSR count). The van der Waals surface area contributed by atoms with Crippen LogP contribution in [-0.4, -0.2) is 15.0 Å². The number of hydrogen-bond acceptors (Lipinski definition) is 3. The Bertz CT molecular complexity index is 1070. The summed E-state index contributed by atoms with van der Waals surface area (Å²) in [6.07, 6.45) is 5.44. The van der Waals surface area contributed by atoms with E-state index < -0.39 is 0 Å². The number of hydrogen-bond donors (Lipinski definition) is 1. The van der Waals surface area contributed by atoms with Gasteiger partial charge in [0.1, 0.15) is 12.4 Å². The van der Waals surface area contributed by atoms with Crippen molar-refractivity contribution in [2.75, 3.05) is 0 Å². The normalized spacial score (nSPS) is 11.3. The summed E-state index contributed by atoms with van der Waals surface area (Å²) in [6.45, 7) is 7.01. The number of nitrogens with zero attached hydrogens (tertiary/aromatic N) is 2.